The maximum absolute atomic E-state index is 11.6. The van der Waals surface area contributed by atoms with Crippen molar-refractivity contribution in [2.24, 2.45) is 0 Å². The second kappa shape index (κ2) is 7.28. The van der Waals surface area contributed by atoms with E-state index in [0.29, 0.717) is 5.56 Å². The van der Waals surface area contributed by atoms with Gasteiger partial charge in [-0.1, -0.05) is 48.5 Å². The Hall–Kier alpha value is -3.07. The first-order valence-corrected chi connectivity index (χ1v) is 9.00. The molecule has 3 aromatic carbocycles. The number of aryl methyl sites for hydroxylation is 2. The Morgan fingerprint density at radius 3 is 1.67 bits per heavy atom. The maximum Gasteiger partial charge on any atom is 0.339 e. The largest absolute Gasteiger partial charge is 0.507 e. The third-order valence-corrected chi connectivity index (χ3v) is 5.52. The molecule has 0 spiro atoms. The molecule has 27 heavy (non-hydrogen) atoms. The molecular weight excluding hydrogens is 336 g/mol. The molecule has 0 atom stereocenters. The highest BCUT2D eigenvalue weighted by molar-refractivity contribution is 5.91. The minimum atomic E-state index is -1.13. The highest BCUT2D eigenvalue weighted by Crippen LogP contribution is 2.41. The highest BCUT2D eigenvalue weighted by atomic mass is 16.4. The normalized spacial score (nSPS) is 11.0. The molecule has 0 aromatic heterocycles. The summed E-state index contributed by atoms with van der Waals surface area (Å²) in [5.74, 6) is -1.55. The number of benzene rings is 3. The summed E-state index contributed by atoms with van der Waals surface area (Å²) >= 11 is 0. The molecule has 0 aliphatic heterocycles. The van der Waals surface area contributed by atoms with Crippen molar-refractivity contribution in [2.75, 3.05) is 0 Å². The SMILES string of the molecule is Cc1cccc(C(c2cccc(C)c2C)c2cccc(C(=O)O)c2O)c1C. The molecule has 0 saturated carbocycles. The van der Waals surface area contributed by atoms with E-state index in [9.17, 15) is 15.0 Å². The first kappa shape index (κ1) is 18.7. The van der Waals surface area contributed by atoms with E-state index in [0.717, 1.165) is 33.4 Å². The quantitative estimate of drug-likeness (QED) is 0.604. The number of aromatic hydroxyl groups is 1. The predicted octanol–water partition coefficient (Wildman–Crippen LogP) is 5.50. The van der Waals surface area contributed by atoms with Gasteiger partial charge in [0.15, 0.2) is 0 Å². The summed E-state index contributed by atoms with van der Waals surface area (Å²) in [7, 11) is 0. The van der Waals surface area contributed by atoms with Crippen LogP contribution >= 0.6 is 0 Å². The molecular formula is C24H24O3. The Labute approximate surface area is 159 Å². The van der Waals surface area contributed by atoms with E-state index in [1.165, 1.54) is 6.07 Å². The molecule has 0 unspecified atom stereocenters. The van der Waals surface area contributed by atoms with E-state index in [1.54, 1.807) is 6.07 Å². The Balaban J connectivity index is 2.36. The third-order valence-electron chi connectivity index (χ3n) is 5.52. The molecule has 0 fully saturated rings. The van der Waals surface area contributed by atoms with Crippen LogP contribution in [0, 0.1) is 27.7 Å². The number of rotatable bonds is 4. The molecule has 0 aliphatic carbocycles. The van der Waals surface area contributed by atoms with Crippen LogP contribution in [-0.2, 0) is 0 Å². The van der Waals surface area contributed by atoms with Crippen LogP contribution in [0.5, 0.6) is 5.75 Å². The van der Waals surface area contributed by atoms with E-state index in [-0.39, 0.29) is 17.2 Å². The molecule has 3 heteroatoms. The predicted molar refractivity (Wildman–Crippen MR) is 108 cm³/mol. The molecule has 2 N–H and O–H groups in total. The van der Waals surface area contributed by atoms with Crippen LogP contribution in [0.15, 0.2) is 54.6 Å². The molecule has 0 radical (unpaired) electrons. The molecule has 0 amide bonds. The van der Waals surface area contributed by atoms with E-state index >= 15 is 0 Å². The summed E-state index contributed by atoms with van der Waals surface area (Å²) in [6.45, 7) is 8.26. The van der Waals surface area contributed by atoms with Gasteiger partial charge in [-0.25, -0.2) is 4.79 Å². The topological polar surface area (TPSA) is 57.5 Å². The monoisotopic (exact) mass is 360 g/mol. The van der Waals surface area contributed by atoms with Crippen LogP contribution in [0.4, 0.5) is 0 Å². The summed E-state index contributed by atoms with van der Waals surface area (Å²) in [5, 5.41) is 20.2. The number of phenols is 1. The van der Waals surface area contributed by atoms with Gasteiger partial charge in [-0.05, 0) is 67.1 Å². The van der Waals surface area contributed by atoms with Gasteiger partial charge in [-0.3, -0.25) is 0 Å². The minimum absolute atomic E-state index is 0.0758. The zero-order chi connectivity index (χ0) is 19.7. The maximum atomic E-state index is 11.6. The van der Waals surface area contributed by atoms with Crippen molar-refractivity contribution in [3.8, 4) is 5.75 Å². The Morgan fingerprint density at radius 1 is 0.741 bits per heavy atom. The smallest absolute Gasteiger partial charge is 0.339 e. The van der Waals surface area contributed by atoms with Gasteiger partial charge in [-0.2, -0.15) is 0 Å². The molecule has 3 rings (SSSR count). The molecule has 138 valence electrons. The van der Waals surface area contributed by atoms with Crippen molar-refractivity contribution in [1.82, 2.24) is 0 Å². The lowest BCUT2D eigenvalue weighted by atomic mass is 9.79. The van der Waals surface area contributed by atoms with Crippen molar-refractivity contribution in [2.45, 2.75) is 33.6 Å². The van der Waals surface area contributed by atoms with Gasteiger partial charge >= 0.3 is 5.97 Å². The lowest BCUT2D eigenvalue weighted by Gasteiger charge is -2.25. The number of para-hydroxylation sites is 1. The summed E-state index contributed by atoms with van der Waals surface area (Å²) in [5.41, 5.74) is 7.29. The van der Waals surface area contributed by atoms with E-state index in [4.69, 9.17) is 0 Å². The number of carboxylic acids is 1. The first-order chi connectivity index (χ1) is 12.8. The molecule has 0 saturated heterocycles. The molecule has 0 aliphatic rings. The molecule has 0 bridgehead atoms. The lowest BCUT2D eigenvalue weighted by molar-refractivity contribution is 0.0693. The van der Waals surface area contributed by atoms with E-state index in [2.05, 4.69) is 52.0 Å². The van der Waals surface area contributed by atoms with Crippen molar-refractivity contribution in [1.29, 1.82) is 0 Å². The van der Waals surface area contributed by atoms with Gasteiger partial charge in [0.05, 0.1) is 0 Å². The zero-order valence-corrected chi connectivity index (χ0v) is 16.1. The van der Waals surface area contributed by atoms with Crippen molar-refractivity contribution >= 4 is 5.97 Å². The summed E-state index contributed by atoms with van der Waals surface area (Å²) in [4.78, 5) is 11.6. The van der Waals surface area contributed by atoms with Crippen molar-refractivity contribution in [3.63, 3.8) is 0 Å². The molecule has 0 heterocycles. The zero-order valence-electron chi connectivity index (χ0n) is 16.1. The highest BCUT2D eigenvalue weighted by Gasteiger charge is 2.26. The van der Waals surface area contributed by atoms with Gasteiger partial charge in [0.1, 0.15) is 11.3 Å². The van der Waals surface area contributed by atoms with Crippen LogP contribution in [-0.4, -0.2) is 16.2 Å². The average Bonchev–Trinajstić information content (AvgIpc) is 2.63. The fraction of sp³-hybridized carbons (Fsp3) is 0.208. The summed E-state index contributed by atoms with van der Waals surface area (Å²) < 4.78 is 0. The van der Waals surface area contributed by atoms with Crippen LogP contribution in [0.1, 0.15) is 55.2 Å². The van der Waals surface area contributed by atoms with Crippen molar-refractivity contribution in [3.05, 3.63) is 99.1 Å². The first-order valence-electron chi connectivity index (χ1n) is 9.00. The van der Waals surface area contributed by atoms with Gasteiger partial charge < -0.3 is 10.2 Å². The standard InChI is InChI=1S/C24H24O3/c1-14-8-5-10-18(16(14)3)22(19-11-6-9-15(2)17(19)4)20-12-7-13-21(23(20)25)24(26)27/h5-13,22,25H,1-4H3,(H,26,27). The lowest BCUT2D eigenvalue weighted by Crippen LogP contribution is -2.10. The average molecular weight is 360 g/mol. The number of aromatic carboxylic acids is 1. The Kier molecular flexibility index (Phi) is 5.04. The van der Waals surface area contributed by atoms with Crippen LogP contribution in [0.2, 0.25) is 0 Å². The fourth-order valence-electron chi connectivity index (χ4n) is 3.64. The van der Waals surface area contributed by atoms with Crippen LogP contribution in [0.3, 0.4) is 0 Å². The fourth-order valence-corrected chi connectivity index (χ4v) is 3.64. The molecule has 3 nitrogen and oxygen atoms in total. The number of carbonyl (C=O) groups is 1. The summed E-state index contributed by atoms with van der Waals surface area (Å²) in [6.07, 6.45) is 0. The van der Waals surface area contributed by atoms with Gasteiger partial charge in [0, 0.05) is 11.5 Å². The molecule has 3 aromatic rings. The summed E-state index contributed by atoms with van der Waals surface area (Å²) in [6, 6.07) is 17.2. The van der Waals surface area contributed by atoms with Crippen LogP contribution in [0.25, 0.3) is 0 Å². The van der Waals surface area contributed by atoms with Gasteiger partial charge in [0.2, 0.25) is 0 Å². The number of carboxylic acid groups (broad SMARTS) is 1. The van der Waals surface area contributed by atoms with Gasteiger partial charge in [-0.15, -0.1) is 0 Å². The second-order valence-electron chi connectivity index (χ2n) is 7.06. The van der Waals surface area contributed by atoms with Crippen LogP contribution < -0.4 is 0 Å². The number of hydrogen-bond donors (Lipinski definition) is 2. The Bertz CT molecular complexity index is 967. The van der Waals surface area contributed by atoms with Crippen molar-refractivity contribution < 1.29 is 15.0 Å². The van der Waals surface area contributed by atoms with E-state index < -0.39 is 5.97 Å². The minimum Gasteiger partial charge on any atom is -0.507 e. The number of hydrogen-bond acceptors (Lipinski definition) is 2. The Morgan fingerprint density at radius 2 is 1.19 bits per heavy atom. The second-order valence-corrected chi connectivity index (χ2v) is 7.06. The van der Waals surface area contributed by atoms with E-state index in [1.807, 2.05) is 18.2 Å². The van der Waals surface area contributed by atoms with Gasteiger partial charge in [0.25, 0.3) is 0 Å². The third kappa shape index (κ3) is 3.33.